The number of nitrogens with one attached hydrogen (secondary N) is 2. The Morgan fingerprint density at radius 1 is 1.13 bits per heavy atom. The highest BCUT2D eigenvalue weighted by Crippen LogP contribution is 2.30. The summed E-state index contributed by atoms with van der Waals surface area (Å²) in [6.07, 6.45) is 4.11. The zero-order chi connectivity index (χ0) is 21.8. The first-order valence-corrected chi connectivity index (χ1v) is 10.4. The number of benzene rings is 2. The summed E-state index contributed by atoms with van der Waals surface area (Å²) in [5.74, 6) is 0.805. The third kappa shape index (κ3) is 5.57. The van der Waals surface area contributed by atoms with E-state index in [2.05, 4.69) is 15.6 Å². The smallest absolute Gasteiger partial charge is 0.227 e. The second kappa shape index (κ2) is 9.12. The molecule has 1 atom stereocenters. The second-order valence-corrected chi connectivity index (χ2v) is 7.80. The maximum absolute atomic E-state index is 13.0. The Kier molecular flexibility index (Phi) is 6.11. The first-order valence-electron chi connectivity index (χ1n) is 10.4. The Balaban J connectivity index is 1.25. The van der Waals surface area contributed by atoms with Gasteiger partial charge in [0.1, 0.15) is 5.82 Å². The number of hydrogen-bond acceptors (Lipinski definition) is 4. The van der Waals surface area contributed by atoms with Crippen molar-refractivity contribution in [3.63, 3.8) is 0 Å². The van der Waals surface area contributed by atoms with Gasteiger partial charge < -0.3 is 15.1 Å². The number of oxazole rings is 1. The lowest BCUT2D eigenvalue weighted by atomic mass is 10.1. The van der Waals surface area contributed by atoms with Gasteiger partial charge in [-0.1, -0.05) is 12.1 Å². The monoisotopic (exact) mass is 421 g/mol. The van der Waals surface area contributed by atoms with Gasteiger partial charge >= 0.3 is 0 Å². The summed E-state index contributed by atoms with van der Waals surface area (Å²) in [6.45, 7) is 1.91. The van der Waals surface area contributed by atoms with Gasteiger partial charge in [0.2, 0.25) is 11.8 Å². The van der Waals surface area contributed by atoms with Crippen molar-refractivity contribution >= 4 is 17.5 Å². The molecule has 0 spiro atoms. The molecule has 1 aliphatic carbocycles. The first-order chi connectivity index (χ1) is 15.0. The molecule has 1 aliphatic rings. The number of nitrogens with zero attached hydrogens (tertiary/aromatic N) is 1. The van der Waals surface area contributed by atoms with Crippen LogP contribution in [0.4, 0.5) is 10.1 Å². The van der Waals surface area contributed by atoms with Crippen LogP contribution in [-0.2, 0) is 16.0 Å². The first kappa shape index (κ1) is 20.8. The summed E-state index contributed by atoms with van der Waals surface area (Å²) in [4.78, 5) is 28.4. The van der Waals surface area contributed by atoms with Gasteiger partial charge in [-0.05, 0) is 61.7 Å². The van der Waals surface area contributed by atoms with Crippen molar-refractivity contribution in [3.8, 4) is 11.3 Å². The van der Waals surface area contributed by atoms with Gasteiger partial charge in [0, 0.05) is 30.0 Å². The lowest BCUT2D eigenvalue weighted by molar-refractivity contribution is -0.121. The minimum atomic E-state index is -0.313. The van der Waals surface area contributed by atoms with Crippen molar-refractivity contribution in [2.45, 2.75) is 38.6 Å². The molecule has 0 saturated heterocycles. The molecule has 0 radical (unpaired) electrons. The van der Waals surface area contributed by atoms with Crippen LogP contribution >= 0.6 is 0 Å². The number of carbonyl (C=O) groups is 2. The Labute approximate surface area is 179 Å². The normalized spacial score (nSPS) is 14.1. The fraction of sp³-hybridized carbons (Fsp3) is 0.292. The van der Waals surface area contributed by atoms with Crippen molar-refractivity contribution in [2.24, 2.45) is 5.92 Å². The van der Waals surface area contributed by atoms with Crippen molar-refractivity contribution in [2.75, 3.05) is 5.32 Å². The zero-order valence-electron chi connectivity index (χ0n) is 17.2. The van der Waals surface area contributed by atoms with Gasteiger partial charge in [-0.25, -0.2) is 9.37 Å². The van der Waals surface area contributed by atoms with Crippen LogP contribution in [0.25, 0.3) is 11.3 Å². The van der Waals surface area contributed by atoms with Crippen LogP contribution in [0.5, 0.6) is 0 Å². The molecule has 1 aromatic heterocycles. The van der Waals surface area contributed by atoms with Crippen molar-refractivity contribution in [1.29, 1.82) is 0 Å². The molecule has 2 amide bonds. The molecule has 31 heavy (non-hydrogen) atoms. The summed E-state index contributed by atoms with van der Waals surface area (Å²) >= 11 is 0. The number of carbonyl (C=O) groups excluding carboxylic acids is 2. The van der Waals surface area contributed by atoms with E-state index >= 15 is 0 Å². The highest BCUT2D eigenvalue weighted by molar-refractivity contribution is 5.94. The van der Waals surface area contributed by atoms with Crippen LogP contribution < -0.4 is 10.6 Å². The van der Waals surface area contributed by atoms with E-state index in [1.165, 1.54) is 12.1 Å². The number of aryl methyl sites for hydroxylation is 1. The molecule has 1 fully saturated rings. The molecule has 1 heterocycles. The Hall–Kier alpha value is -3.48. The third-order valence-corrected chi connectivity index (χ3v) is 5.25. The highest BCUT2D eigenvalue weighted by Gasteiger charge is 2.29. The topological polar surface area (TPSA) is 84.2 Å². The summed E-state index contributed by atoms with van der Waals surface area (Å²) in [5, 5.41) is 5.87. The third-order valence-electron chi connectivity index (χ3n) is 5.25. The molecule has 160 valence electrons. The average molecular weight is 421 g/mol. The van der Waals surface area contributed by atoms with Gasteiger partial charge in [0.05, 0.1) is 12.2 Å². The SMILES string of the molecule is CC(NC(=O)CCc1ncc(-c2ccc(F)cc2)o1)c1ccc(NC(=O)C2CC2)cc1. The minimum Gasteiger partial charge on any atom is -0.441 e. The largest absolute Gasteiger partial charge is 0.441 e. The lowest BCUT2D eigenvalue weighted by Crippen LogP contribution is -2.26. The number of anilines is 1. The number of hydrogen-bond donors (Lipinski definition) is 2. The molecule has 7 heteroatoms. The Bertz CT molecular complexity index is 1060. The van der Waals surface area contributed by atoms with Crippen LogP contribution in [0, 0.1) is 11.7 Å². The van der Waals surface area contributed by atoms with Crippen molar-refractivity contribution in [3.05, 3.63) is 72.0 Å². The molecule has 2 N–H and O–H groups in total. The summed E-state index contributed by atoms with van der Waals surface area (Å²) in [7, 11) is 0. The minimum absolute atomic E-state index is 0.0724. The van der Waals surface area contributed by atoms with E-state index in [0.29, 0.717) is 18.1 Å². The van der Waals surface area contributed by atoms with E-state index in [1.807, 2.05) is 31.2 Å². The predicted octanol–water partition coefficient (Wildman–Crippen LogP) is 4.64. The van der Waals surface area contributed by atoms with Crippen LogP contribution in [0.15, 0.2) is 59.1 Å². The molecule has 2 aromatic carbocycles. The number of aromatic nitrogens is 1. The van der Waals surface area contributed by atoms with Crippen LogP contribution in [-0.4, -0.2) is 16.8 Å². The molecule has 1 unspecified atom stereocenters. The van der Waals surface area contributed by atoms with E-state index in [4.69, 9.17) is 4.42 Å². The van der Waals surface area contributed by atoms with E-state index in [0.717, 1.165) is 29.7 Å². The van der Waals surface area contributed by atoms with E-state index < -0.39 is 0 Å². The average Bonchev–Trinajstić information content (AvgIpc) is 3.52. The molecule has 6 nitrogen and oxygen atoms in total. The van der Waals surface area contributed by atoms with Gasteiger partial charge in [-0.3, -0.25) is 9.59 Å². The number of halogens is 1. The molecular formula is C24H24FN3O3. The van der Waals surface area contributed by atoms with Crippen LogP contribution in [0.2, 0.25) is 0 Å². The fourth-order valence-corrected chi connectivity index (χ4v) is 3.24. The molecule has 1 saturated carbocycles. The number of amides is 2. The van der Waals surface area contributed by atoms with Gasteiger partial charge in [0.25, 0.3) is 0 Å². The molecule has 0 aliphatic heterocycles. The Morgan fingerprint density at radius 2 is 1.84 bits per heavy atom. The van der Waals surface area contributed by atoms with Crippen LogP contribution in [0.3, 0.4) is 0 Å². The summed E-state index contributed by atoms with van der Waals surface area (Å²) in [6, 6.07) is 13.3. The maximum Gasteiger partial charge on any atom is 0.227 e. The molecular weight excluding hydrogens is 397 g/mol. The standard InChI is InChI=1S/C24H24FN3O3/c1-15(16-6-10-20(11-7-16)28-24(30)18-2-3-18)27-22(29)12-13-23-26-14-21(31-23)17-4-8-19(25)9-5-17/h4-11,14-15,18H,2-3,12-13H2,1H3,(H,27,29)(H,28,30). The van der Waals surface area contributed by atoms with Crippen molar-refractivity contribution < 1.29 is 18.4 Å². The fourth-order valence-electron chi connectivity index (χ4n) is 3.24. The van der Waals surface area contributed by atoms with Gasteiger partial charge in [0.15, 0.2) is 11.7 Å². The lowest BCUT2D eigenvalue weighted by Gasteiger charge is -2.15. The summed E-state index contributed by atoms with van der Waals surface area (Å²) in [5.41, 5.74) is 2.45. The predicted molar refractivity (Wildman–Crippen MR) is 115 cm³/mol. The van der Waals surface area contributed by atoms with E-state index in [1.54, 1.807) is 18.3 Å². The molecule has 0 bridgehead atoms. The summed E-state index contributed by atoms with van der Waals surface area (Å²) < 4.78 is 18.7. The second-order valence-electron chi connectivity index (χ2n) is 7.80. The highest BCUT2D eigenvalue weighted by atomic mass is 19.1. The molecule has 4 rings (SSSR count). The van der Waals surface area contributed by atoms with Crippen LogP contribution in [0.1, 0.15) is 43.7 Å². The number of rotatable bonds is 8. The van der Waals surface area contributed by atoms with Gasteiger partial charge in [-0.15, -0.1) is 0 Å². The maximum atomic E-state index is 13.0. The quantitative estimate of drug-likeness (QED) is 0.555. The van der Waals surface area contributed by atoms with E-state index in [9.17, 15) is 14.0 Å². The zero-order valence-corrected chi connectivity index (χ0v) is 17.2. The van der Waals surface area contributed by atoms with E-state index in [-0.39, 0.29) is 36.0 Å². The molecule has 3 aromatic rings. The van der Waals surface area contributed by atoms with Crippen molar-refractivity contribution in [1.82, 2.24) is 10.3 Å². The van der Waals surface area contributed by atoms with Gasteiger partial charge in [-0.2, -0.15) is 0 Å². The Morgan fingerprint density at radius 3 is 2.52 bits per heavy atom.